The maximum absolute atomic E-state index is 11.5. The number of amides is 2. The zero-order valence-corrected chi connectivity index (χ0v) is 9.25. The summed E-state index contributed by atoms with van der Waals surface area (Å²) >= 11 is 0. The number of hydrogen-bond acceptors (Lipinski definition) is 3. The van der Waals surface area contributed by atoms with E-state index in [0.29, 0.717) is 12.5 Å². The molecule has 1 aliphatic heterocycles. The lowest BCUT2D eigenvalue weighted by Gasteiger charge is -2.30. The number of piperazine rings is 1. The Labute approximate surface area is 89.8 Å². The highest BCUT2D eigenvalue weighted by Gasteiger charge is 2.28. The summed E-state index contributed by atoms with van der Waals surface area (Å²) in [4.78, 5) is 22.2. The molecule has 0 aliphatic carbocycles. The molecule has 1 saturated heterocycles. The second kappa shape index (κ2) is 5.11. The van der Waals surface area contributed by atoms with Gasteiger partial charge in [-0.3, -0.25) is 9.59 Å². The van der Waals surface area contributed by atoms with E-state index in [1.807, 2.05) is 0 Å². The molecule has 1 aliphatic rings. The molecule has 0 radical (unpaired) electrons. The highest BCUT2D eigenvalue weighted by Crippen LogP contribution is 2.08. The fraction of sp³-hybridized carbons (Fsp3) is 0.800. The van der Waals surface area contributed by atoms with Crippen molar-refractivity contribution in [3.8, 4) is 0 Å². The van der Waals surface area contributed by atoms with E-state index in [-0.39, 0.29) is 18.4 Å². The molecule has 0 aromatic heterocycles. The van der Waals surface area contributed by atoms with Crippen molar-refractivity contribution < 1.29 is 9.59 Å². The van der Waals surface area contributed by atoms with Crippen LogP contribution in [-0.4, -0.2) is 30.4 Å². The minimum Gasteiger partial charge on any atom is -0.370 e. The number of hydrogen-bond donors (Lipinski definition) is 3. The van der Waals surface area contributed by atoms with E-state index >= 15 is 0 Å². The largest absolute Gasteiger partial charge is 0.370 e. The van der Waals surface area contributed by atoms with Crippen molar-refractivity contribution in [1.82, 2.24) is 10.6 Å². The van der Waals surface area contributed by atoms with Gasteiger partial charge in [-0.2, -0.15) is 0 Å². The summed E-state index contributed by atoms with van der Waals surface area (Å²) in [6.07, 6.45) is 1.02. The van der Waals surface area contributed by atoms with Crippen molar-refractivity contribution in [3.63, 3.8) is 0 Å². The van der Waals surface area contributed by atoms with Gasteiger partial charge < -0.3 is 16.4 Å². The Morgan fingerprint density at radius 3 is 2.73 bits per heavy atom. The van der Waals surface area contributed by atoms with Crippen LogP contribution in [0.1, 0.15) is 26.7 Å². The number of nitrogens with two attached hydrogens (primary N) is 1. The first-order valence-electron chi connectivity index (χ1n) is 5.31. The third-order valence-corrected chi connectivity index (χ3v) is 2.43. The van der Waals surface area contributed by atoms with Crippen LogP contribution in [0.15, 0.2) is 0 Å². The number of carbonyl (C=O) groups is 2. The van der Waals surface area contributed by atoms with Gasteiger partial charge in [0.1, 0.15) is 0 Å². The Morgan fingerprint density at radius 1 is 1.60 bits per heavy atom. The van der Waals surface area contributed by atoms with Crippen LogP contribution in [0, 0.1) is 5.92 Å². The van der Waals surface area contributed by atoms with Gasteiger partial charge in [0.15, 0.2) is 0 Å². The molecule has 1 rings (SSSR count). The maximum atomic E-state index is 11.5. The van der Waals surface area contributed by atoms with E-state index in [0.717, 1.165) is 6.42 Å². The fourth-order valence-electron chi connectivity index (χ4n) is 1.81. The summed E-state index contributed by atoms with van der Waals surface area (Å²) in [5.74, 6) is -0.0274. The standard InChI is InChI=1S/C10H19N3O2/c1-6(2)3-7-5-12-8(4-9(11)14)10(15)13-7/h6-8,12H,3-5H2,1-2H3,(H2,11,14)(H,13,15)/t7-,8-/m0/s1. The topological polar surface area (TPSA) is 84.2 Å². The molecule has 0 aromatic carbocycles. The summed E-state index contributed by atoms with van der Waals surface area (Å²) < 4.78 is 0. The molecule has 0 aromatic rings. The highest BCUT2D eigenvalue weighted by atomic mass is 16.2. The first-order chi connectivity index (χ1) is 6.99. The van der Waals surface area contributed by atoms with Crippen LogP contribution >= 0.6 is 0 Å². The van der Waals surface area contributed by atoms with E-state index in [9.17, 15) is 9.59 Å². The monoisotopic (exact) mass is 213 g/mol. The van der Waals surface area contributed by atoms with Crippen molar-refractivity contribution >= 4 is 11.8 Å². The van der Waals surface area contributed by atoms with Crippen LogP contribution in [0.5, 0.6) is 0 Å². The van der Waals surface area contributed by atoms with Gasteiger partial charge in [-0.15, -0.1) is 0 Å². The van der Waals surface area contributed by atoms with Crippen LogP contribution < -0.4 is 16.4 Å². The zero-order chi connectivity index (χ0) is 11.4. The van der Waals surface area contributed by atoms with Gasteiger partial charge in [0.25, 0.3) is 0 Å². The van der Waals surface area contributed by atoms with Gasteiger partial charge in [-0.25, -0.2) is 0 Å². The molecule has 0 bridgehead atoms. The normalized spacial score (nSPS) is 26.5. The first kappa shape index (κ1) is 12.0. The number of rotatable bonds is 4. The SMILES string of the molecule is CC(C)C[C@H]1CN[C@@H](CC(N)=O)C(=O)N1. The number of carbonyl (C=O) groups excluding carboxylic acids is 2. The van der Waals surface area contributed by atoms with Crippen molar-refractivity contribution in [3.05, 3.63) is 0 Å². The van der Waals surface area contributed by atoms with Gasteiger partial charge in [0.2, 0.25) is 11.8 Å². The predicted octanol–water partition coefficient (Wildman–Crippen LogP) is -0.635. The Morgan fingerprint density at radius 2 is 2.27 bits per heavy atom. The van der Waals surface area contributed by atoms with E-state index in [4.69, 9.17) is 5.73 Å². The molecule has 2 atom stereocenters. The molecule has 4 N–H and O–H groups in total. The average molecular weight is 213 g/mol. The van der Waals surface area contributed by atoms with Crippen molar-refractivity contribution in [2.24, 2.45) is 11.7 Å². The number of nitrogens with one attached hydrogen (secondary N) is 2. The molecule has 0 unspecified atom stereocenters. The van der Waals surface area contributed by atoms with Crippen LogP contribution in [0.4, 0.5) is 0 Å². The molecule has 0 saturated carbocycles. The molecule has 2 amide bonds. The Balaban J connectivity index is 2.41. The summed E-state index contributed by atoms with van der Waals surface area (Å²) in [5, 5.41) is 5.94. The van der Waals surface area contributed by atoms with Gasteiger partial charge >= 0.3 is 0 Å². The maximum Gasteiger partial charge on any atom is 0.237 e. The second-order valence-electron chi connectivity index (χ2n) is 4.47. The molecule has 5 heteroatoms. The van der Waals surface area contributed by atoms with Crippen molar-refractivity contribution in [2.75, 3.05) is 6.54 Å². The zero-order valence-electron chi connectivity index (χ0n) is 9.25. The first-order valence-corrected chi connectivity index (χ1v) is 5.31. The predicted molar refractivity (Wildman–Crippen MR) is 57.0 cm³/mol. The van der Waals surface area contributed by atoms with E-state index < -0.39 is 11.9 Å². The quantitative estimate of drug-likeness (QED) is 0.581. The smallest absolute Gasteiger partial charge is 0.237 e. The van der Waals surface area contributed by atoms with Gasteiger partial charge in [0.05, 0.1) is 12.5 Å². The second-order valence-corrected chi connectivity index (χ2v) is 4.47. The lowest BCUT2D eigenvalue weighted by atomic mass is 10.00. The fourth-order valence-corrected chi connectivity index (χ4v) is 1.81. The lowest BCUT2D eigenvalue weighted by molar-refractivity contribution is -0.129. The molecule has 0 spiro atoms. The molecule has 1 heterocycles. The number of primary amides is 1. The van der Waals surface area contributed by atoms with E-state index in [2.05, 4.69) is 24.5 Å². The third-order valence-electron chi connectivity index (χ3n) is 2.43. The van der Waals surface area contributed by atoms with Crippen molar-refractivity contribution in [2.45, 2.75) is 38.8 Å². The van der Waals surface area contributed by atoms with Crippen LogP contribution in [0.25, 0.3) is 0 Å². The van der Waals surface area contributed by atoms with Crippen molar-refractivity contribution in [1.29, 1.82) is 0 Å². The summed E-state index contributed by atoms with van der Waals surface area (Å²) in [5.41, 5.74) is 5.04. The Kier molecular flexibility index (Phi) is 4.08. The van der Waals surface area contributed by atoms with Gasteiger partial charge in [0, 0.05) is 12.6 Å². The molecule has 5 nitrogen and oxygen atoms in total. The molecular weight excluding hydrogens is 194 g/mol. The van der Waals surface area contributed by atoms with Crippen LogP contribution in [-0.2, 0) is 9.59 Å². The van der Waals surface area contributed by atoms with Crippen LogP contribution in [0.3, 0.4) is 0 Å². The third kappa shape index (κ3) is 3.87. The summed E-state index contributed by atoms with van der Waals surface area (Å²) in [6, 6.07) is -0.285. The minimum absolute atomic E-state index is 0.0697. The van der Waals surface area contributed by atoms with E-state index in [1.165, 1.54) is 0 Å². The van der Waals surface area contributed by atoms with Gasteiger partial charge in [-0.1, -0.05) is 13.8 Å². The highest BCUT2D eigenvalue weighted by molar-refractivity contribution is 5.88. The molecule has 1 fully saturated rings. The Bertz CT molecular complexity index is 253. The Hall–Kier alpha value is -1.10. The van der Waals surface area contributed by atoms with Crippen LogP contribution in [0.2, 0.25) is 0 Å². The average Bonchev–Trinajstić information content (AvgIpc) is 2.08. The van der Waals surface area contributed by atoms with E-state index in [1.54, 1.807) is 0 Å². The summed E-state index contributed by atoms with van der Waals surface area (Å²) in [7, 11) is 0. The minimum atomic E-state index is -0.454. The summed E-state index contributed by atoms with van der Waals surface area (Å²) in [6.45, 7) is 4.94. The lowest BCUT2D eigenvalue weighted by Crippen LogP contribution is -2.59. The van der Waals surface area contributed by atoms with Gasteiger partial charge in [-0.05, 0) is 12.3 Å². The molecular formula is C10H19N3O2. The molecule has 86 valence electrons. The molecule has 15 heavy (non-hydrogen) atoms.